The van der Waals surface area contributed by atoms with Crippen molar-refractivity contribution in [1.29, 1.82) is 0 Å². The molecular weight excluding hydrogens is 391 g/mol. The van der Waals surface area contributed by atoms with E-state index in [4.69, 9.17) is 0 Å². The second-order valence-corrected chi connectivity index (χ2v) is 9.49. The standard InChI is InChI=1S/C22H23FN2O3S/c1-24-22(26)20-11-15-10-19(14-3-4-14)21(25-29(2,27)28)12-16(15)9-18(20)13-5-7-17(23)8-6-13/h5,7-14,25H,3-4,6H2,1-2H3,(H,24,26). The fourth-order valence-electron chi connectivity index (χ4n) is 3.87. The summed E-state index contributed by atoms with van der Waals surface area (Å²) in [7, 11) is -1.83. The molecule has 1 saturated carbocycles. The van der Waals surface area contributed by atoms with Crippen LogP contribution in [0.3, 0.4) is 0 Å². The lowest BCUT2D eigenvalue weighted by atomic mass is 9.86. The lowest BCUT2D eigenvalue weighted by Gasteiger charge is -2.20. The number of benzene rings is 2. The third-order valence-corrected chi connectivity index (χ3v) is 6.01. The van der Waals surface area contributed by atoms with Crippen LogP contribution in [0, 0.1) is 0 Å². The summed E-state index contributed by atoms with van der Waals surface area (Å²) in [6.07, 6.45) is 8.34. The molecule has 1 fully saturated rings. The number of nitrogens with one attached hydrogen (secondary N) is 2. The molecule has 2 aromatic rings. The Bertz CT molecular complexity index is 1160. The van der Waals surface area contributed by atoms with Gasteiger partial charge in [-0.15, -0.1) is 0 Å². The van der Waals surface area contributed by atoms with Crippen LogP contribution in [0.5, 0.6) is 0 Å². The smallest absolute Gasteiger partial charge is 0.251 e. The maximum Gasteiger partial charge on any atom is 0.251 e. The fourth-order valence-corrected chi connectivity index (χ4v) is 4.44. The second kappa shape index (κ2) is 7.30. The Labute approximate surface area is 169 Å². The topological polar surface area (TPSA) is 75.3 Å². The Morgan fingerprint density at radius 1 is 1.10 bits per heavy atom. The van der Waals surface area contributed by atoms with Crippen molar-refractivity contribution in [3.63, 3.8) is 0 Å². The van der Waals surface area contributed by atoms with Gasteiger partial charge in [-0.3, -0.25) is 9.52 Å². The molecule has 0 spiro atoms. The molecule has 2 aliphatic rings. The molecule has 7 heteroatoms. The highest BCUT2D eigenvalue weighted by molar-refractivity contribution is 7.92. The van der Waals surface area contributed by atoms with Gasteiger partial charge in [0.05, 0.1) is 11.9 Å². The number of carbonyl (C=O) groups excluding carboxylic acids is 1. The maximum atomic E-state index is 13.4. The minimum absolute atomic E-state index is 0.124. The Morgan fingerprint density at radius 3 is 2.38 bits per heavy atom. The molecule has 0 heterocycles. The van der Waals surface area contributed by atoms with E-state index in [1.807, 2.05) is 24.3 Å². The van der Waals surface area contributed by atoms with Crippen LogP contribution in [-0.4, -0.2) is 27.6 Å². The third-order valence-electron chi connectivity index (χ3n) is 5.42. The van der Waals surface area contributed by atoms with Gasteiger partial charge in [0, 0.05) is 18.5 Å². The first-order valence-corrected chi connectivity index (χ1v) is 11.5. The van der Waals surface area contributed by atoms with Gasteiger partial charge in [0.25, 0.3) is 5.91 Å². The average molecular weight is 415 g/mol. The molecule has 1 unspecified atom stereocenters. The van der Waals surface area contributed by atoms with E-state index in [0.717, 1.165) is 41.0 Å². The number of carbonyl (C=O) groups is 1. The molecule has 29 heavy (non-hydrogen) atoms. The highest BCUT2D eigenvalue weighted by Crippen LogP contribution is 2.45. The predicted molar refractivity (Wildman–Crippen MR) is 113 cm³/mol. The summed E-state index contributed by atoms with van der Waals surface area (Å²) >= 11 is 0. The van der Waals surface area contributed by atoms with Crippen LogP contribution in [0.15, 0.2) is 48.3 Å². The molecule has 4 rings (SSSR count). The monoisotopic (exact) mass is 414 g/mol. The summed E-state index contributed by atoms with van der Waals surface area (Å²) in [5, 5.41) is 4.41. The minimum Gasteiger partial charge on any atom is -0.355 e. The second-order valence-electron chi connectivity index (χ2n) is 7.74. The van der Waals surface area contributed by atoms with Gasteiger partial charge in [0.2, 0.25) is 10.0 Å². The van der Waals surface area contributed by atoms with Gasteiger partial charge in [-0.1, -0.05) is 6.08 Å². The molecule has 0 aliphatic heterocycles. The van der Waals surface area contributed by atoms with Crippen molar-refractivity contribution >= 4 is 32.4 Å². The largest absolute Gasteiger partial charge is 0.355 e. The first-order valence-electron chi connectivity index (χ1n) is 9.60. The van der Waals surface area contributed by atoms with E-state index >= 15 is 0 Å². The van der Waals surface area contributed by atoms with Crippen LogP contribution in [0.4, 0.5) is 10.1 Å². The van der Waals surface area contributed by atoms with E-state index in [2.05, 4.69) is 10.0 Å². The molecule has 2 aromatic carbocycles. The number of hydrogen-bond acceptors (Lipinski definition) is 3. The molecule has 1 atom stereocenters. The number of hydrogen-bond donors (Lipinski definition) is 2. The quantitative estimate of drug-likeness (QED) is 0.764. The fraction of sp³-hybridized carbons (Fsp3) is 0.318. The van der Waals surface area contributed by atoms with E-state index in [-0.39, 0.29) is 17.7 Å². The summed E-state index contributed by atoms with van der Waals surface area (Å²) < 4.78 is 39.7. The molecule has 2 N–H and O–H groups in total. The molecule has 0 aromatic heterocycles. The zero-order valence-corrected chi connectivity index (χ0v) is 17.1. The summed E-state index contributed by atoms with van der Waals surface area (Å²) in [6, 6.07) is 7.58. The predicted octanol–water partition coefficient (Wildman–Crippen LogP) is 4.35. The first-order chi connectivity index (χ1) is 13.7. The van der Waals surface area contributed by atoms with Gasteiger partial charge in [0.1, 0.15) is 5.83 Å². The number of allylic oxidation sites excluding steroid dienone is 4. The van der Waals surface area contributed by atoms with Crippen molar-refractivity contribution in [3.05, 3.63) is 65.0 Å². The van der Waals surface area contributed by atoms with Gasteiger partial charge in [-0.05, 0) is 83.5 Å². The van der Waals surface area contributed by atoms with Gasteiger partial charge in [-0.2, -0.15) is 0 Å². The maximum absolute atomic E-state index is 13.4. The summed E-state index contributed by atoms with van der Waals surface area (Å²) in [5.74, 6) is -0.268. The first kappa shape index (κ1) is 19.6. The summed E-state index contributed by atoms with van der Waals surface area (Å²) in [5.41, 5.74) is 2.89. The lowest BCUT2D eigenvalue weighted by Crippen LogP contribution is -2.20. The number of sulfonamides is 1. The van der Waals surface area contributed by atoms with Crippen molar-refractivity contribution in [1.82, 2.24) is 5.32 Å². The molecular formula is C22H23FN2O3S. The highest BCUT2D eigenvalue weighted by Gasteiger charge is 2.28. The normalized spacial score (nSPS) is 19.1. The van der Waals surface area contributed by atoms with Gasteiger partial charge in [0.15, 0.2) is 0 Å². The van der Waals surface area contributed by atoms with Crippen LogP contribution in [0.1, 0.15) is 52.6 Å². The molecule has 1 amide bonds. The zero-order valence-electron chi connectivity index (χ0n) is 16.3. The van der Waals surface area contributed by atoms with Crippen molar-refractivity contribution in [2.75, 3.05) is 18.0 Å². The van der Waals surface area contributed by atoms with Crippen molar-refractivity contribution in [2.24, 2.45) is 0 Å². The minimum atomic E-state index is -3.41. The van der Waals surface area contributed by atoms with Crippen LogP contribution in [0.2, 0.25) is 0 Å². The third kappa shape index (κ3) is 4.19. The molecule has 0 bridgehead atoms. The number of halogens is 1. The molecule has 2 aliphatic carbocycles. The van der Waals surface area contributed by atoms with Crippen LogP contribution >= 0.6 is 0 Å². The number of anilines is 1. The van der Waals surface area contributed by atoms with Gasteiger partial charge in [-0.25, -0.2) is 12.8 Å². The SMILES string of the molecule is CNC(=O)c1cc2cc(C3CC3)c(NS(C)(=O)=O)cc2cc1C1C=CC(F)=CC1. The van der Waals surface area contributed by atoms with Crippen molar-refractivity contribution in [3.8, 4) is 0 Å². The Kier molecular flexibility index (Phi) is 4.94. The highest BCUT2D eigenvalue weighted by atomic mass is 32.2. The van der Waals surface area contributed by atoms with Gasteiger partial charge >= 0.3 is 0 Å². The summed E-state index contributed by atoms with van der Waals surface area (Å²) in [4.78, 5) is 12.6. The molecule has 152 valence electrons. The number of amides is 1. The van der Waals surface area contributed by atoms with Crippen molar-refractivity contribution < 1.29 is 17.6 Å². The van der Waals surface area contributed by atoms with Crippen LogP contribution < -0.4 is 10.0 Å². The molecule has 5 nitrogen and oxygen atoms in total. The van der Waals surface area contributed by atoms with Crippen molar-refractivity contribution in [2.45, 2.75) is 31.1 Å². The lowest BCUT2D eigenvalue weighted by molar-refractivity contribution is 0.0962. The average Bonchev–Trinajstić information content (AvgIpc) is 3.50. The Morgan fingerprint density at radius 2 is 1.79 bits per heavy atom. The Hall–Kier alpha value is -2.67. The van der Waals surface area contributed by atoms with E-state index in [1.165, 1.54) is 12.2 Å². The van der Waals surface area contributed by atoms with Gasteiger partial charge < -0.3 is 5.32 Å². The van der Waals surface area contributed by atoms with Crippen LogP contribution in [0.25, 0.3) is 10.8 Å². The van der Waals surface area contributed by atoms with E-state index < -0.39 is 10.0 Å². The van der Waals surface area contributed by atoms with Crippen LogP contribution in [-0.2, 0) is 10.0 Å². The van der Waals surface area contributed by atoms with E-state index in [1.54, 1.807) is 13.1 Å². The molecule has 0 saturated heterocycles. The Balaban J connectivity index is 1.89. The number of fused-ring (bicyclic) bond motifs is 1. The molecule has 0 radical (unpaired) electrons. The van der Waals surface area contributed by atoms with E-state index in [9.17, 15) is 17.6 Å². The number of rotatable bonds is 5. The van der Waals surface area contributed by atoms with E-state index in [0.29, 0.717) is 23.6 Å². The zero-order chi connectivity index (χ0) is 20.8. The summed E-state index contributed by atoms with van der Waals surface area (Å²) in [6.45, 7) is 0.